The minimum Gasteiger partial charge on any atom is -0.398 e. The highest BCUT2D eigenvalue weighted by Gasteiger charge is 2.58. The second-order valence-corrected chi connectivity index (χ2v) is 6.83. The van der Waals surface area contributed by atoms with Gasteiger partial charge in [-0.05, 0) is 0 Å². The maximum absolute atomic E-state index is 12.4. The molecule has 3 amide bonds. The van der Waals surface area contributed by atoms with Gasteiger partial charge in [0.1, 0.15) is 12.8 Å². The molecule has 0 bridgehead atoms. The van der Waals surface area contributed by atoms with E-state index in [9.17, 15) is 22.8 Å². The topological polar surface area (TPSA) is 193 Å². The lowest BCUT2D eigenvalue weighted by atomic mass is 10.0. The molecule has 2 heterocycles. The third kappa shape index (κ3) is 3.52. The molecule has 136 valence electrons. The normalized spacial score (nSPS) is 20.6. The van der Waals surface area contributed by atoms with Gasteiger partial charge < -0.3 is 21.2 Å². The number of carbonyl (C=O) groups is 3. The van der Waals surface area contributed by atoms with Gasteiger partial charge in [-0.25, -0.2) is 9.29 Å². The van der Waals surface area contributed by atoms with Crippen LogP contribution in [0, 0.1) is 0 Å². The number of rotatable bonds is 7. The number of amides is 3. The van der Waals surface area contributed by atoms with Gasteiger partial charge in [-0.15, -0.1) is 11.3 Å². The van der Waals surface area contributed by atoms with Gasteiger partial charge in [-0.1, -0.05) is 5.16 Å². The molecular weight excluding hydrogens is 380 g/mol. The van der Waals surface area contributed by atoms with E-state index in [1.54, 1.807) is 0 Å². The first-order valence-electron chi connectivity index (χ1n) is 6.30. The van der Waals surface area contributed by atoms with Crippen molar-refractivity contribution in [3.8, 4) is 0 Å². The van der Waals surface area contributed by atoms with E-state index in [1.807, 2.05) is 5.32 Å². The quantitative estimate of drug-likeness (QED) is 0.0952. The number of aromatic nitrogens is 1. The summed E-state index contributed by atoms with van der Waals surface area (Å²) >= 11 is 1.02. The molecule has 1 aromatic heterocycles. The molecule has 0 aliphatic carbocycles. The Morgan fingerprint density at radius 3 is 2.76 bits per heavy atom. The molecule has 1 aliphatic heterocycles. The monoisotopic (exact) mass is 392 g/mol. The van der Waals surface area contributed by atoms with Gasteiger partial charge in [-0.3, -0.25) is 18.9 Å². The smallest absolute Gasteiger partial charge is 0.362 e. The van der Waals surface area contributed by atoms with Crippen LogP contribution in [-0.2, 0) is 29.5 Å². The molecule has 1 saturated heterocycles. The Balaban J connectivity index is 2.28. The summed E-state index contributed by atoms with van der Waals surface area (Å²) in [6, 6.07) is 0. The van der Waals surface area contributed by atoms with Crippen LogP contribution in [0.2, 0.25) is 0 Å². The molecule has 2 rings (SSSR count). The second-order valence-electron chi connectivity index (χ2n) is 4.60. The van der Waals surface area contributed by atoms with Crippen LogP contribution < -0.4 is 16.4 Å². The Hall–Kier alpha value is -2.78. The van der Waals surface area contributed by atoms with E-state index < -0.39 is 34.3 Å². The van der Waals surface area contributed by atoms with Crippen LogP contribution in [0.3, 0.4) is 0 Å². The number of nitrogens with two attached hydrogens (primary N) is 1. The summed E-state index contributed by atoms with van der Waals surface area (Å²) in [6.45, 7) is -0.714. The minimum absolute atomic E-state index is 0.0431. The first-order valence-corrected chi connectivity index (χ1v) is 8.58. The molecule has 1 atom stereocenters. The predicted octanol–water partition coefficient (Wildman–Crippen LogP) is -2.72. The van der Waals surface area contributed by atoms with Crippen LogP contribution in [0.4, 0.5) is 5.13 Å². The fraction of sp³-hybridized carbons (Fsp3) is 0.300. The average molecular weight is 392 g/mol. The molecule has 1 aliphatic rings. The van der Waals surface area contributed by atoms with Crippen molar-refractivity contribution in [2.45, 2.75) is 5.66 Å². The number of oxime groups is 1. The van der Waals surface area contributed by atoms with Crippen LogP contribution in [0.1, 0.15) is 5.69 Å². The van der Waals surface area contributed by atoms with Crippen molar-refractivity contribution in [1.82, 2.24) is 19.9 Å². The summed E-state index contributed by atoms with van der Waals surface area (Å²) < 4.78 is 31.0. The highest BCUT2D eigenvalue weighted by Crippen LogP contribution is 2.23. The van der Waals surface area contributed by atoms with Crippen LogP contribution in [0.15, 0.2) is 10.5 Å². The number of hydrogen-bond donors (Lipinski definition) is 4. The van der Waals surface area contributed by atoms with E-state index in [0.717, 1.165) is 18.4 Å². The van der Waals surface area contributed by atoms with Gasteiger partial charge in [0.05, 0.1) is 6.54 Å². The van der Waals surface area contributed by atoms with Crippen LogP contribution in [-0.4, -0.2) is 65.5 Å². The van der Waals surface area contributed by atoms with Gasteiger partial charge >= 0.3 is 10.3 Å². The molecule has 1 fully saturated rings. The Kier molecular flexibility index (Phi) is 4.91. The van der Waals surface area contributed by atoms with Crippen molar-refractivity contribution in [3.63, 3.8) is 0 Å². The molecule has 15 heteroatoms. The lowest BCUT2D eigenvalue weighted by Crippen LogP contribution is -2.81. The highest BCUT2D eigenvalue weighted by atomic mass is 32.2. The van der Waals surface area contributed by atoms with E-state index in [-0.39, 0.29) is 27.3 Å². The standard InChI is InChI=1S/C10H12N6O7S2/c1-23-15-6(5-2-24-9(11)13-5)7(18)14-10(12-4-17)3-16(8(10)19)25(20,21)22/h2,4H,3H2,1H3,(H2,11,13)(H,12,17)(H,14,18)(H,20,21,22). The van der Waals surface area contributed by atoms with Crippen molar-refractivity contribution in [1.29, 1.82) is 0 Å². The zero-order chi connectivity index (χ0) is 18.8. The van der Waals surface area contributed by atoms with Crippen LogP contribution in [0.5, 0.6) is 0 Å². The first kappa shape index (κ1) is 18.6. The van der Waals surface area contributed by atoms with Gasteiger partial charge in [0.15, 0.2) is 10.8 Å². The zero-order valence-corrected chi connectivity index (χ0v) is 14.1. The van der Waals surface area contributed by atoms with Crippen molar-refractivity contribution >= 4 is 50.7 Å². The Morgan fingerprint density at radius 1 is 1.64 bits per heavy atom. The number of β-lactam (4-membered cyclic amide) rings is 1. The Morgan fingerprint density at radius 2 is 2.32 bits per heavy atom. The maximum atomic E-state index is 12.4. The number of carbonyl (C=O) groups excluding carboxylic acids is 3. The fourth-order valence-corrected chi connectivity index (χ4v) is 3.22. The lowest BCUT2D eigenvalue weighted by molar-refractivity contribution is -0.151. The number of thiazole rings is 1. The Labute approximate surface area is 144 Å². The molecule has 0 radical (unpaired) electrons. The summed E-state index contributed by atoms with van der Waals surface area (Å²) in [5.41, 5.74) is 3.10. The molecule has 5 N–H and O–H groups in total. The third-order valence-corrected chi connectivity index (χ3v) is 4.57. The number of nitrogens with one attached hydrogen (secondary N) is 2. The van der Waals surface area contributed by atoms with Gasteiger partial charge in [-0.2, -0.15) is 8.42 Å². The van der Waals surface area contributed by atoms with Crippen LogP contribution >= 0.6 is 11.3 Å². The van der Waals surface area contributed by atoms with Gasteiger partial charge in [0, 0.05) is 5.38 Å². The molecule has 13 nitrogen and oxygen atoms in total. The highest BCUT2D eigenvalue weighted by molar-refractivity contribution is 7.84. The van der Waals surface area contributed by atoms with Crippen molar-refractivity contribution in [2.75, 3.05) is 19.4 Å². The molecule has 1 aromatic rings. The minimum atomic E-state index is -4.83. The van der Waals surface area contributed by atoms with Crippen molar-refractivity contribution < 1.29 is 32.2 Å². The second kappa shape index (κ2) is 6.61. The summed E-state index contributed by atoms with van der Waals surface area (Å²) in [5, 5.41) is 9.19. The largest absolute Gasteiger partial charge is 0.398 e. The van der Waals surface area contributed by atoms with E-state index >= 15 is 0 Å². The average Bonchev–Trinajstić information content (AvgIpc) is 2.94. The van der Waals surface area contributed by atoms with Crippen LogP contribution in [0.25, 0.3) is 0 Å². The van der Waals surface area contributed by atoms with Crippen molar-refractivity contribution in [2.24, 2.45) is 5.16 Å². The van der Waals surface area contributed by atoms with Crippen molar-refractivity contribution in [3.05, 3.63) is 11.1 Å². The molecular formula is C10H12N6O7S2. The summed E-state index contributed by atoms with van der Waals surface area (Å²) in [5.74, 6) is -2.25. The van der Waals surface area contributed by atoms with Gasteiger partial charge in [0.2, 0.25) is 12.1 Å². The summed E-state index contributed by atoms with van der Waals surface area (Å²) in [4.78, 5) is 43.5. The molecule has 0 saturated carbocycles. The maximum Gasteiger partial charge on any atom is 0.362 e. The molecule has 0 spiro atoms. The molecule has 1 unspecified atom stereocenters. The van der Waals surface area contributed by atoms with E-state index in [1.165, 1.54) is 5.38 Å². The Bertz CT molecular complexity index is 850. The predicted molar refractivity (Wildman–Crippen MR) is 83.4 cm³/mol. The molecule has 25 heavy (non-hydrogen) atoms. The summed E-state index contributed by atoms with van der Waals surface area (Å²) in [6.07, 6.45) is 0.0908. The number of nitrogens with zero attached hydrogens (tertiary/aromatic N) is 3. The SMILES string of the molecule is CON=C(C(=O)NC1(NC=O)CN(S(=O)(=O)O)C1=O)c1csc(N)n1. The first-order chi connectivity index (χ1) is 11.6. The van der Waals surface area contributed by atoms with E-state index in [0.29, 0.717) is 0 Å². The fourth-order valence-electron chi connectivity index (χ4n) is 1.95. The lowest BCUT2D eigenvalue weighted by Gasteiger charge is -2.45. The zero-order valence-electron chi connectivity index (χ0n) is 12.5. The summed E-state index contributed by atoms with van der Waals surface area (Å²) in [7, 11) is -3.66. The van der Waals surface area contributed by atoms with Gasteiger partial charge in [0.25, 0.3) is 11.8 Å². The van der Waals surface area contributed by atoms with E-state index in [4.69, 9.17) is 10.3 Å². The number of hydrogen-bond acceptors (Lipinski definition) is 10. The third-order valence-electron chi connectivity index (χ3n) is 3.05. The number of nitrogen functional groups attached to an aromatic ring is 1. The number of anilines is 1. The van der Waals surface area contributed by atoms with E-state index in [2.05, 4.69) is 20.3 Å². The molecule has 0 aromatic carbocycles.